The topological polar surface area (TPSA) is 87.5 Å². The van der Waals surface area contributed by atoms with Crippen molar-refractivity contribution in [2.75, 3.05) is 13.1 Å². The lowest BCUT2D eigenvalue weighted by atomic mass is 9.91. The van der Waals surface area contributed by atoms with Crippen molar-refractivity contribution in [3.63, 3.8) is 0 Å². The van der Waals surface area contributed by atoms with Gasteiger partial charge in [-0.2, -0.15) is 5.10 Å². The van der Waals surface area contributed by atoms with Crippen LogP contribution >= 0.6 is 0 Å². The molecule has 0 aliphatic carbocycles. The molecule has 0 bridgehead atoms. The fourth-order valence-electron chi connectivity index (χ4n) is 3.33. The van der Waals surface area contributed by atoms with Crippen molar-refractivity contribution in [2.45, 2.75) is 26.4 Å². The number of nitrogens with zero attached hydrogens (tertiary/aromatic N) is 3. The van der Waals surface area contributed by atoms with E-state index in [1.165, 1.54) is 0 Å². The molecule has 1 fully saturated rings. The molecule has 1 aromatic heterocycles. The Labute approximate surface area is 152 Å². The van der Waals surface area contributed by atoms with Crippen LogP contribution in [0.2, 0.25) is 0 Å². The number of carbonyl (C=O) groups is 2. The van der Waals surface area contributed by atoms with Gasteiger partial charge in [0.25, 0.3) is 0 Å². The number of hydrogen-bond acceptors (Lipinski definition) is 3. The maximum atomic E-state index is 12.4. The molecule has 138 valence electrons. The number of aromatic nitrogens is 2. The fraction of sp³-hybridized carbons (Fsp3) is 0.421. The summed E-state index contributed by atoms with van der Waals surface area (Å²) in [6.45, 7) is 3.81. The van der Waals surface area contributed by atoms with Crippen molar-refractivity contribution in [3.8, 4) is 0 Å². The Kier molecular flexibility index (Phi) is 5.55. The lowest BCUT2D eigenvalue weighted by Gasteiger charge is -2.34. The molecule has 1 saturated heterocycles. The zero-order chi connectivity index (χ0) is 18.5. The zero-order valence-corrected chi connectivity index (χ0v) is 14.8. The van der Waals surface area contributed by atoms with Crippen LogP contribution < -0.4 is 5.32 Å². The summed E-state index contributed by atoms with van der Waals surface area (Å²) in [6, 6.07) is 11.7. The number of nitrogens with one attached hydrogen (secondary N) is 1. The number of piperidine rings is 1. The van der Waals surface area contributed by atoms with Gasteiger partial charge in [-0.3, -0.25) is 9.48 Å². The molecule has 2 N–H and O–H groups in total. The van der Waals surface area contributed by atoms with Crippen molar-refractivity contribution < 1.29 is 14.7 Å². The third kappa shape index (κ3) is 4.62. The Balaban J connectivity index is 1.52. The molecule has 0 radical (unpaired) electrons. The average Bonchev–Trinajstić information content (AvgIpc) is 3.07. The van der Waals surface area contributed by atoms with Gasteiger partial charge in [0.1, 0.15) is 0 Å². The second-order valence-electron chi connectivity index (χ2n) is 6.93. The molecule has 3 rings (SSSR count). The van der Waals surface area contributed by atoms with Gasteiger partial charge in [-0.05, 0) is 24.0 Å². The van der Waals surface area contributed by atoms with E-state index in [9.17, 15) is 14.7 Å². The summed E-state index contributed by atoms with van der Waals surface area (Å²) in [5.41, 5.74) is 1.93. The SMILES string of the molecule is CC1CC(C(=O)O)CN(C(=O)NCc2ccn(Cc3ccccc3)n2)C1. The van der Waals surface area contributed by atoms with Crippen molar-refractivity contribution >= 4 is 12.0 Å². The maximum Gasteiger partial charge on any atom is 0.317 e. The minimum absolute atomic E-state index is 0.181. The van der Waals surface area contributed by atoms with Gasteiger partial charge in [-0.1, -0.05) is 37.3 Å². The molecule has 7 nitrogen and oxygen atoms in total. The highest BCUT2D eigenvalue weighted by Crippen LogP contribution is 2.21. The minimum Gasteiger partial charge on any atom is -0.481 e. The highest BCUT2D eigenvalue weighted by molar-refractivity contribution is 5.76. The molecule has 0 saturated carbocycles. The summed E-state index contributed by atoms with van der Waals surface area (Å²) in [7, 11) is 0. The molecule has 2 amide bonds. The first-order chi connectivity index (χ1) is 12.5. The van der Waals surface area contributed by atoms with Crippen molar-refractivity contribution in [1.29, 1.82) is 0 Å². The third-order valence-corrected chi connectivity index (χ3v) is 4.60. The average molecular weight is 356 g/mol. The quantitative estimate of drug-likeness (QED) is 0.860. The summed E-state index contributed by atoms with van der Waals surface area (Å²) in [5, 5.41) is 16.5. The Hall–Kier alpha value is -2.83. The number of amides is 2. The van der Waals surface area contributed by atoms with E-state index in [1.54, 1.807) is 4.90 Å². The van der Waals surface area contributed by atoms with Crippen LogP contribution in [-0.4, -0.2) is 44.9 Å². The van der Waals surface area contributed by atoms with E-state index in [4.69, 9.17) is 0 Å². The smallest absolute Gasteiger partial charge is 0.317 e. The van der Waals surface area contributed by atoms with Gasteiger partial charge >= 0.3 is 12.0 Å². The van der Waals surface area contributed by atoms with Crippen LogP contribution in [0.15, 0.2) is 42.6 Å². The highest BCUT2D eigenvalue weighted by atomic mass is 16.4. The van der Waals surface area contributed by atoms with E-state index in [0.29, 0.717) is 26.1 Å². The van der Waals surface area contributed by atoms with E-state index in [1.807, 2.05) is 54.2 Å². The predicted octanol–water partition coefficient (Wildman–Crippen LogP) is 2.18. The van der Waals surface area contributed by atoms with E-state index < -0.39 is 11.9 Å². The Morgan fingerprint density at radius 1 is 1.23 bits per heavy atom. The second-order valence-corrected chi connectivity index (χ2v) is 6.93. The van der Waals surface area contributed by atoms with Gasteiger partial charge in [-0.15, -0.1) is 0 Å². The number of hydrogen-bond donors (Lipinski definition) is 2. The molecular weight excluding hydrogens is 332 g/mol. The number of aliphatic carboxylic acids is 1. The minimum atomic E-state index is -0.839. The van der Waals surface area contributed by atoms with Crippen molar-refractivity contribution in [3.05, 3.63) is 53.9 Å². The molecule has 2 aromatic rings. The van der Waals surface area contributed by atoms with E-state index in [2.05, 4.69) is 10.4 Å². The summed E-state index contributed by atoms with van der Waals surface area (Å²) < 4.78 is 1.83. The number of carboxylic acid groups (broad SMARTS) is 1. The highest BCUT2D eigenvalue weighted by Gasteiger charge is 2.31. The molecule has 7 heteroatoms. The van der Waals surface area contributed by atoms with Crippen LogP contribution in [0.1, 0.15) is 24.6 Å². The van der Waals surface area contributed by atoms with Gasteiger partial charge in [0.2, 0.25) is 0 Å². The van der Waals surface area contributed by atoms with Crippen molar-refractivity contribution in [2.24, 2.45) is 11.8 Å². The number of rotatable bonds is 5. The molecule has 0 spiro atoms. The Morgan fingerprint density at radius 2 is 2.00 bits per heavy atom. The summed E-state index contributed by atoms with van der Waals surface area (Å²) in [5.74, 6) is -1.15. The first kappa shape index (κ1) is 18.0. The maximum absolute atomic E-state index is 12.4. The van der Waals surface area contributed by atoms with E-state index >= 15 is 0 Å². The van der Waals surface area contributed by atoms with Crippen LogP contribution in [0.5, 0.6) is 0 Å². The zero-order valence-electron chi connectivity index (χ0n) is 14.8. The molecular formula is C19H24N4O3. The molecule has 1 aliphatic rings. The van der Waals surface area contributed by atoms with Gasteiger partial charge in [0.15, 0.2) is 0 Å². The number of carboxylic acids is 1. The monoisotopic (exact) mass is 356 g/mol. The number of urea groups is 1. The normalized spacial score (nSPS) is 20.0. The molecule has 1 aliphatic heterocycles. The van der Waals surface area contributed by atoms with Gasteiger partial charge in [-0.25, -0.2) is 4.79 Å². The number of carbonyl (C=O) groups excluding carboxylic acids is 1. The standard InChI is InChI=1S/C19H24N4O3/c1-14-9-16(18(24)25)13-22(11-14)19(26)20-10-17-7-8-23(21-17)12-15-5-3-2-4-6-15/h2-8,14,16H,9-13H2,1H3,(H,20,26)(H,24,25). The molecule has 2 heterocycles. The largest absolute Gasteiger partial charge is 0.481 e. The predicted molar refractivity (Wildman–Crippen MR) is 96.5 cm³/mol. The first-order valence-corrected chi connectivity index (χ1v) is 8.83. The molecule has 1 aromatic carbocycles. The van der Waals surface area contributed by atoms with Gasteiger partial charge in [0, 0.05) is 19.3 Å². The lowest BCUT2D eigenvalue weighted by molar-refractivity contribution is -0.143. The Bertz CT molecular complexity index is 759. The number of likely N-dealkylation sites (tertiary alicyclic amines) is 1. The van der Waals surface area contributed by atoms with Gasteiger partial charge in [0.05, 0.1) is 24.7 Å². The Morgan fingerprint density at radius 3 is 2.73 bits per heavy atom. The van der Waals surface area contributed by atoms with Crippen LogP contribution in [0.25, 0.3) is 0 Å². The molecule has 2 unspecified atom stereocenters. The molecule has 26 heavy (non-hydrogen) atoms. The van der Waals surface area contributed by atoms with Gasteiger partial charge < -0.3 is 15.3 Å². The summed E-state index contributed by atoms with van der Waals surface area (Å²) in [4.78, 5) is 25.2. The third-order valence-electron chi connectivity index (χ3n) is 4.60. The van der Waals surface area contributed by atoms with Crippen LogP contribution in [0, 0.1) is 11.8 Å². The summed E-state index contributed by atoms with van der Waals surface area (Å²) in [6.07, 6.45) is 2.50. The molecule has 2 atom stereocenters. The second kappa shape index (κ2) is 8.03. The summed E-state index contributed by atoms with van der Waals surface area (Å²) >= 11 is 0. The van der Waals surface area contributed by atoms with E-state index in [0.717, 1.165) is 11.3 Å². The lowest BCUT2D eigenvalue weighted by Crippen LogP contribution is -2.49. The van der Waals surface area contributed by atoms with Crippen LogP contribution in [0.4, 0.5) is 4.79 Å². The number of benzene rings is 1. The van der Waals surface area contributed by atoms with E-state index in [-0.39, 0.29) is 18.5 Å². The van der Waals surface area contributed by atoms with Crippen molar-refractivity contribution in [1.82, 2.24) is 20.0 Å². The van der Waals surface area contributed by atoms with Crippen LogP contribution in [0.3, 0.4) is 0 Å². The first-order valence-electron chi connectivity index (χ1n) is 8.83. The fourth-order valence-corrected chi connectivity index (χ4v) is 3.33. The van der Waals surface area contributed by atoms with Crippen LogP contribution in [-0.2, 0) is 17.9 Å².